The number of carboxylic acid groups (broad SMARTS) is 1. The molecule has 1 aliphatic heterocycles. The fourth-order valence-corrected chi connectivity index (χ4v) is 3.24. The second-order valence-electron chi connectivity index (χ2n) is 4.84. The smallest absolute Gasteiger partial charge is 0.407 e. The largest absolute Gasteiger partial charge is 0.465 e. The van der Waals surface area contributed by atoms with E-state index in [0.29, 0.717) is 23.5 Å². The highest BCUT2D eigenvalue weighted by atomic mass is 79.9. The van der Waals surface area contributed by atoms with Crippen molar-refractivity contribution in [3.05, 3.63) is 22.8 Å². The zero-order chi connectivity index (χ0) is 14.3. The predicted octanol–water partition coefficient (Wildman–Crippen LogP) is 1.93. The van der Waals surface area contributed by atoms with Crippen LogP contribution in [0.2, 0.25) is 0 Å². The summed E-state index contributed by atoms with van der Waals surface area (Å²) in [5, 5.41) is 8.98. The first-order valence-electron chi connectivity index (χ1n) is 6.33. The number of anilines is 1. The molecule has 0 radical (unpaired) electrons. The van der Waals surface area contributed by atoms with Crippen molar-refractivity contribution in [2.24, 2.45) is 0 Å². The average molecular weight is 340 g/mol. The lowest BCUT2D eigenvalue weighted by molar-refractivity contribution is 0.131. The number of hydrogen-bond acceptors (Lipinski definition) is 4. The summed E-state index contributed by atoms with van der Waals surface area (Å²) in [6.45, 7) is 1.07. The van der Waals surface area contributed by atoms with Crippen LogP contribution in [0.1, 0.15) is 24.6 Å². The molecule has 0 atom stereocenters. The molecule has 8 heteroatoms. The van der Waals surface area contributed by atoms with Gasteiger partial charge in [-0.05, 0) is 28.8 Å². The van der Waals surface area contributed by atoms with E-state index in [4.69, 9.17) is 10.8 Å². The maximum Gasteiger partial charge on any atom is 0.407 e. The second-order valence-corrected chi connectivity index (χ2v) is 5.59. The maximum absolute atomic E-state index is 10.9. The molecule has 1 fully saturated rings. The number of rotatable bonds is 1. The number of nitrogens with zero attached hydrogens (tertiary/aromatic N) is 4. The molecule has 3 heterocycles. The van der Waals surface area contributed by atoms with Gasteiger partial charge in [-0.25, -0.2) is 14.8 Å². The van der Waals surface area contributed by atoms with E-state index in [9.17, 15) is 4.79 Å². The molecule has 2 aromatic heterocycles. The van der Waals surface area contributed by atoms with Crippen LogP contribution in [-0.2, 0) is 0 Å². The highest BCUT2D eigenvalue weighted by molar-refractivity contribution is 9.10. The van der Waals surface area contributed by atoms with Gasteiger partial charge in [-0.1, -0.05) is 0 Å². The highest BCUT2D eigenvalue weighted by Crippen LogP contribution is 2.32. The molecule has 2 aromatic rings. The third-order valence-corrected chi connectivity index (χ3v) is 4.25. The van der Waals surface area contributed by atoms with Crippen LogP contribution in [0.5, 0.6) is 0 Å². The highest BCUT2D eigenvalue weighted by Gasteiger charge is 2.27. The minimum atomic E-state index is -0.856. The first-order chi connectivity index (χ1) is 9.58. The van der Waals surface area contributed by atoms with Gasteiger partial charge in [0.2, 0.25) is 0 Å². The summed E-state index contributed by atoms with van der Waals surface area (Å²) in [6, 6.07) is 0. The van der Waals surface area contributed by atoms with Crippen LogP contribution in [0, 0.1) is 0 Å². The van der Waals surface area contributed by atoms with Crippen LogP contribution >= 0.6 is 15.9 Å². The fraction of sp³-hybridized carbons (Fsp3) is 0.417. The van der Waals surface area contributed by atoms with Gasteiger partial charge in [0.1, 0.15) is 15.9 Å². The van der Waals surface area contributed by atoms with E-state index >= 15 is 0 Å². The van der Waals surface area contributed by atoms with Gasteiger partial charge in [-0.3, -0.25) is 4.40 Å². The zero-order valence-corrected chi connectivity index (χ0v) is 12.2. The molecule has 0 spiro atoms. The molecule has 1 amide bonds. The Hall–Kier alpha value is -1.83. The lowest BCUT2D eigenvalue weighted by atomic mass is 9.96. The third-order valence-electron chi connectivity index (χ3n) is 3.70. The van der Waals surface area contributed by atoms with Crippen LogP contribution in [0.15, 0.2) is 17.0 Å². The van der Waals surface area contributed by atoms with E-state index in [0.717, 1.165) is 24.2 Å². The molecule has 0 aromatic carbocycles. The third kappa shape index (κ3) is 2.09. The number of aromatic nitrogens is 3. The van der Waals surface area contributed by atoms with E-state index in [1.807, 2.05) is 10.6 Å². The molecule has 3 rings (SSSR count). The number of carbonyl (C=O) groups is 1. The zero-order valence-electron chi connectivity index (χ0n) is 10.7. The van der Waals surface area contributed by atoms with E-state index in [1.165, 1.54) is 4.90 Å². The van der Waals surface area contributed by atoms with Gasteiger partial charge in [-0.15, -0.1) is 0 Å². The summed E-state index contributed by atoms with van der Waals surface area (Å²) >= 11 is 3.41. The number of halogens is 1. The van der Waals surface area contributed by atoms with Crippen LogP contribution in [0.4, 0.5) is 10.6 Å². The van der Waals surface area contributed by atoms with Gasteiger partial charge in [0.05, 0.1) is 0 Å². The van der Waals surface area contributed by atoms with Gasteiger partial charge >= 0.3 is 6.09 Å². The fourth-order valence-electron chi connectivity index (χ4n) is 2.66. The summed E-state index contributed by atoms with van der Waals surface area (Å²) in [6.07, 6.45) is 4.15. The lowest BCUT2D eigenvalue weighted by Crippen LogP contribution is -2.37. The van der Waals surface area contributed by atoms with Crippen molar-refractivity contribution in [1.82, 2.24) is 19.3 Å². The SMILES string of the molecule is Nc1nccn2c(C3CCN(C(=O)O)CC3)nc(Br)c12. The molecule has 106 valence electrons. The first kappa shape index (κ1) is 13.2. The van der Waals surface area contributed by atoms with Crippen molar-refractivity contribution in [3.8, 4) is 0 Å². The normalized spacial score (nSPS) is 16.8. The van der Waals surface area contributed by atoms with Gasteiger partial charge in [0.15, 0.2) is 5.82 Å². The second kappa shape index (κ2) is 4.93. The number of amides is 1. The Morgan fingerprint density at radius 3 is 2.80 bits per heavy atom. The molecule has 0 saturated carbocycles. The Balaban J connectivity index is 1.92. The topological polar surface area (TPSA) is 96.8 Å². The van der Waals surface area contributed by atoms with Crippen LogP contribution < -0.4 is 5.73 Å². The first-order valence-corrected chi connectivity index (χ1v) is 7.13. The quantitative estimate of drug-likeness (QED) is 0.827. The van der Waals surface area contributed by atoms with Crippen molar-refractivity contribution in [2.75, 3.05) is 18.8 Å². The molecule has 0 bridgehead atoms. The Bertz CT molecular complexity index is 663. The summed E-state index contributed by atoms with van der Waals surface area (Å²) < 4.78 is 2.62. The predicted molar refractivity (Wildman–Crippen MR) is 76.7 cm³/mol. The van der Waals surface area contributed by atoms with Crippen LogP contribution in [0.3, 0.4) is 0 Å². The van der Waals surface area contributed by atoms with E-state index in [-0.39, 0.29) is 5.92 Å². The molecule has 0 unspecified atom stereocenters. The maximum atomic E-state index is 10.9. The summed E-state index contributed by atoms with van der Waals surface area (Å²) in [5.41, 5.74) is 6.64. The van der Waals surface area contributed by atoms with E-state index in [1.54, 1.807) is 6.20 Å². The number of nitrogens with two attached hydrogens (primary N) is 1. The van der Waals surface area contributed by atoms with Gasteiger partial charge in [-0.2, -0.15) is 0 Å². The molecular formula is C12H14BrN5O2. The molecule has 20 heavy (non-hydrogen) atoms. The minimum Gasteiger partial charge on any atom is -0.465 e. The van der Waals surface area contributed by atoms with Gasteiger partial charge < -0.3 is 15.7 Å². The van der Waals surface area contributed by atoms with Crippen molar-refractivity contribution in [1.29, 1.82) is 0 Å². The Kier molecular flexibility index (Phi) is 3.25. The summed E-state index contributed by atoms with van der Waals surface area (Å²) in [5.74, 6) is 1.57. The Morgan fingerprint density at radius 1 is 1.45 bits per heavy atom. The van der Waals surface area contributed by atoms with E-state index in [2.05, 4.69) is 25.9 Å². The van der Waals surface area contributed by atoms with E-state index < -0.39 is 6.09 Å². The Morgan fingerprint density at radius 2 is 2.15 bits per heavy atom. The number of fused-ring (bicyclic) bond motifs is 1. The standard InChI is InChI=1S/C12H14BrN5O2/c13-9-8-10(14)15-3-6-18(8)11(16-9)7-1-4-17(5-2-7)12(19)20/h3,6-7H,1-2,4-5H2,(H2,14,15)(H,19,20). The molecule has 7 nitrogen and oxygen atoms in total. The molecule has 0 aliphatic carbocycles. The summed E-state index contributed by atoms with van der Waals surface area (Å²) in [7, 11) is 0. The molecule has 3 N–H and O–H groups in total. The Labute approximate surface area is 123 Å². The number of likely N-dealkylation sites (tertiary alicyclic amines) is 1. The molecule has 1 aliphatic rings. The van der Waals surface area contributed by atoms with Crippen molar-refractivity contribution in [3.63, 3.8) is 0 Å². The number of piperidine rings is 1. The molecular weight excluding hydrogens is 326 g/mol. The number of nitrogen functional groups attached to an aromatic ring is 1. The van der Waals surface area contributed by atoms with Crippen LogP contribution in [-0.4, -0.2) is 43.6 Å². The van der Waals surface area contributed by atoms with Gasteiger partial charge in [0, 0.05) is 31.4 Å². The van der Waals surface area contributed by atoms with Crippen LogP contribution in [0.25, 0.3) is 5.52 Å². The van der Waals surface area contributed by atoms with Crippen molar-refractivity contribution < 1.29 is 9.90 Å². The van der Waals surface area contributed by atoms with Crippen molar-refractivity contribution in [2.45, 2.75) is 18.8 Å². The molecule has 1 saturated heterocycles. The minimum absolute atomic E-state index is 0.228. The van der Waals surface area contributed by atoms with Crippen molar-refractivity contribution >= 4 is 33.4 Å². The average Bonchev–Trinajstić information content (AvgIpc) is 2.77. The van der Waals surface area contributed by atoms with Gasteiger partial charge in [0.25, 0.3) is 0 Å². The summed E-state index contributed by atoms with van der Waals surface area (Å²) in [4.78, 5) is 21.0. The lowest BCUT2D eigenvalue weighted by Gasteiger charge is -2.29. The number of hydrogen-bond donors (Lipinski definition) is 2. The number of imidazole rings is 1. The monoisotopic (exact) mass is 339 g/mol.